The summed E-state index contributed by atoms with van der Waals surface area (Å²) in [6.45, 7) is 1.79. The van der Waals surface area contributed by atoms with Gasteiger partial charge in [0.15, 0.2) is 10.8 Å². The highest BCUT2D eigenvalue weighted by Crippen LogP contribution is 2.30. The maximum atomic E-state index is 12.7. The second kappa shape index (κ2) is 6.39. The Kier molecular flexibility index (Phi) is 3.89. The number of carbonyl (C=O) groups is 1. The Morgan fingerprint density at radius 2 is 2.19 bits per heavy atom. The molecule has 5 rings (SSSR count). The second-order valence-electron chi connectivity index (χ2n) is 7.11. The summed E-state index contributed by atoms with van der Waals surface area (Å²) in [7, 11) is 0. The molecule has 7 heteroatoms. The van der Waals surface area contributed by atoms with Gasteiger partial charge in [-0.05, 0) is 44.2 Å². The molecule has 2 aliphatic rings. The minimum Gasteiger partial charge on any atom is -0.346 e. The Labute approximate surface area is 155 Å². The van der Waals surface area contributed by atoms with Crippen LogP contribution in [0, 0.1) is 0 Å². The largest absolute Gasteiger partial charge is 0.346 e. The molecule has 0 saturated carbocycles. The summed E-state index contributed by atoms with van der Waals surface area (Å²) in [6.07, 6.45) is 5.12. The van der Waals surface area contributed by atoms with Crippen LogP contribution in [0.4, 0.5) is 5.13 Å². The van der Waals surface area contributed by atoms with E-state index in [9.17, 15) is 4.79 Å². The van der Waals surface area contributed by atoms with Crippen LogP contribution in [0.3, 0.4) is 0 Å². The van der Waals surface area contributed by atoms with Crippen LogP contribution in [0.15, 0.2) is 24.3 Å². The number of carbonyl (C=O) groups excluding carboxylic acids is 1. The molecule has 0 bridgehead atoms. The van der Waals surface area contributed by atoms with Crippen LogP contribution in [0.25, 0.3) is 10.2 Å². The van der Waals surface area contributed by atoms with Crippen molar-refractivity contribution >= 4 is 32.6 Å². The summed E-state index contributed by atoms with van der Waals surface area (Å²) in [5.74, 6) is -0.0412. The molecule has 1 amide bonds. The zero-order valence-corrected chi connectivity index (χ0v) is 15.3. The van der Waals surface area contributed by atoms with E-state index in [1.54, 1.807) is 11.3 Å². The Bertz CT molecular complexity index is 929. The number of aryl methyl sites for hydroxylation is 1. The fraction of sp³-hybridized carbons (Fsp3) is 0.421. The van der Waals surface area contributed by atoms with Crippen molar-refractivity contribution in [2.24, 2.45) is 0 Å². The highest BCUT2D eigenvalue weighted by Gasteiger charge is 2.27. The highest BCUT2D eigenvalue weighted by atomic mass is 32.1. The number of anilines is 1. The van der Waals surface area contributed by atoms with E-state index < -0.39 is 0 Å². The molecule has 6 nitrogen and oxygen atoms in total. The van der Waals surface area contributed by atoms with Crippen molar-refractivity contribution in [3.63, 3.8) is 0 Å². The first-order chi connectivity index (χ1) is 12.8. The van der Waals surface area contributed by atoms with E-state index in [-0.39, 0.29) is 11.9 Å². The molecule has 0 spiro atoms. The predicted molar refractivity (Wildman–Crippen MR) is 103 cm³/mol. The first-order valence-electron chi connectivity index (χ1n) is 9.25. The summed E-state index contributed by atoms with van der Waals surface area (Å²) in [6, 6.07) is 8.37. The molecular formula is C19H21N5OS. The number of thiazole rings is 1. The fourth-order valence-corrected chi connectivity index (χ4v) is 5.03. The molecular weight excluding hydrogens is 346 g/mol. The Hall–Kier alpha value is -2.41. The topological polar surface area (TPSA) is 73.9 Å². The average molecular weight is 367 g/mol. The van der Waals surface area contributed by atoms with Gasteiger partial charge in [0.1, 0.15) is 0 Å². The monoisotopic (exact) mass is 367 g/mol. The molecule has 1 aromatic carbocycles. The summed E-state index contributed by atoms with van der Waals surface area (Å²) in [4.78, 5) is 19.8. The first-order valence-corrected chi connectivity index (χ1v) is 10.1. The van der Waals surface area contributed by atoms with E-state index in [0.717, 1.165) is 67.1 Å². The number of nitrogens with zero attached hydrogens (tertiary/aromatic N) is 3. The van der Waals surface area contributed by atoms with Crippen molar-refractivity contribution in [3.8, 4) is 0 Å². The molecule has 2 aromatic heterocycles. The number of hydrogen-bond acceptors (Lipinski definition) is 5. The van der Waals surface area contributed by atoms with E-state index in [0.29, 0.717) is 5.69 Å². The number of hydrogen-bond donors (Lipinski definition) is 2. The third-order valence-corrected chi connectivity index (χ3v) is 6.43. The van der Waals surface area contributed by atoms with Gasteiger partial charge in [-0.25, -0.2) is 4.98 Å². The SMILES string of the molecule is O=C(NC1CCCN(c2nc3ccccc3s2)C1)c1n[nH]c2c1CCC2. The van der Waals surface area contributed by atoms with Gasteiger partial charge in [0, 0.05) is 30.4 Å². The number of fused-ring (bicyclic) bond motifs is 2. The molecule has 1 aliphatic heterocycles. The minimum absolute atomic E-state index is 0.0412. The Morgan fingerprint density at radius 3 is 3.12 bits per heavy atom. The quantitative estimate of drug-likeness (QED) is 0.746. The second-order valence-corrected chi connectivity index (χ2v) is 8.11. The van der Waals surface area contributed by atoms with Crippen LogP contribution in [-0.4, -0.2) is 40.2 Å². The molecule has 1 aliphatic carbocycles. The van der Waals surface area contributed by atoms with Gasteiger partial charge in [0.25, 0.3) is 5.91 Å². The molecule has 1 unspecified atom stereocenters. The molecule has 2 N–H and O–H groups in total. The van der Waals surface area contributed by atoms with E-state index in [1.807, 2.05) is 12.1 Å². The predicted octanol–water partition coefficient (Wildman–Crippen LogP) is 2.91. The van der Waals surface area contributed by atoms with Crippen molar-refractivity contribution in [1.82, 2.24) is 20.5 Å². The average Bonchev–Trinajstić information content (AvgIpc) is 3.36. The number of aromatic nitrogens is 3. The number of para-hydroxylation sites is 1. The van der Waals surface area contributed by atoms with Crippen molar-refractivity contribution in [2.45, 2.75) is 38.1 Å². The van der Waals surface area contributed by atoms with Crippen LogP contribution < -0.4 is 10.2 Å². The third-order valence-electron chi connectivity index (χ3n) is 5.33. The highest BCUT2D eigenvalue weighted by molar-refractivity contribution is 7.22. The van der Waals surface area contributed by atoms with Crippen LogP contribution in [0.1, 0.15) is 41.0 Å². The number of aromatic amines is 1. The van der Waals surface area contributed by atoms with E-state index in [2.05, 4.69) is 32.5 Å². The van der Waals surface area contributed by atoms with Crippen molar-refractivity contribution in [2.75, 3.05) is 18.0 Å². The summed E-state index contributed by atoms with van der Waals surface area (Å²) >= 11 is 1.72. The standard InChI is InChI=1S/C19H21N5OS/c25-18(17-13-6-3-8-14(13)22-23-17)20-12-5-4-10-24(11-12)19-21-15-7-1-2-9-16(15)26-19/h1-2,7,9,12H,3-6,8,10-11H2,(H,20,25)(H,22,23). The van der Waals surface area contributed by atoms with Crippen molar-refractivity contribution in [3.05, 3.63) is 41.2 Å². The summed E-state index contributed by atoms with van der Waals surface area (Å²) < 4.78 is 1.21. The zero-order chi connectivity index (χ0) is 17.5. The lowest BCUT2D eigenvalue weighted by Gasteiger charge is -2.32. The van der Waals surface area contributed by atoms with E-state index in [1.165, 1.54) is 4.70 Å². The lowest BCUT2D eigenvalue weighted by atomic mass is 10.1. The lowest BCUT2D eigenvalue weighted by molar-refractivity contribution is 0.0927. The Balaban J connectivity index is 1.30. The molecule has 1 fully saturated rings. The van der Waals surface area contributed by atoms with E-state index in [4.69, 9.17) is 4.98 Å². The number of rotatable bonds is 3. The molecule has 0 radical (unpaired) electrons. The number of H-pyrrole nitrogens is 1. The van der Waals surface area contributed by atoms with Crippen LogP contribution in [0.5, 0.6) is 0 Å². The Morgan fingerprint density at radius 1 is 1.27 bits per heavy atom. The molecule has 1 saturated heterocycles. The number of piperidine rings is 1. The number of nitrogens with one attached hydrogen (secondary N) is 2. The van der Waals surface area contributed by atoms with Gasteiger partial charge in [-0.2, -0.15) is 5.10 Å². The maximum Gasteiger partial charge on any atom is 0.272 e. The van der Waals surface area contributed by atoms with Gasteiger partial charge in [-0.15, -0.1) is 0 Å². The number of benzene rings is 1. The van der Waals surface area contributed by atoms with Gasteiger partial charge >= 0.3 is 0 Å². The van der Waals surface area contributed by atoms with Gasteiger partial charge in [-0.3, -0.25) is 9.89 Å². The first kappa shape index (κ1) is 15.8. The van der Waals surface area contributed by atoms with Crippen molar-refractivity contribution < 1.29 is 4.79 Å². The lowest BCUT2D eigenvalue weighted by Crippen LogP contribution is -2.48. The molecule has 3 aromatic rings. The van der Waals surface area contributed by atoms with Gasteiger partial charge in [0.05, 0.1) is 10.2 Å². The molecule has 134 valence electrons. The zero-order valence-electron chi connectivity index (χ0n) is 14.5. The number of amides is 1. The fourth-order valence-electron chi connectivity index (χ4n) is 4.02. The van der Waals surface area contributed by atoms with Gasteiger partial charge < -0.3 is 10.2 Å². The van der Waals surface area contributed by atoms with E-state index >= 15 is 0 Å². The van der Waals surface area contributed by atoms with Crippen molar-refractivity contribution in [1.29, 1.82) is 0 Å². The van der Waals surface area contributed by atoms with Crippen LogP contribution in [-0.2, 0) is 12.8 Å². The third kappa shape index (κ3) is 2.76. The summed E-state index contributed by atoms with van der Waals surface area (Å²) in [5, 5.41) is 11.5. The molecule has 3 heterocycles. The summed E-state index contributed by atoms with van der Waals surface area (Å²) in [5.41, 5.74) is 3.89. The molecule has 26 heavy (non-hydrogen) atoms. The minimum atomic E-state index is -0.0412. The normalized spacial score (nSPS) is 19.7. The van der Waals surface area contributed by atoms with Gasteiger partial charge in [0.2, 0.25) is 0 Å². The molecule has 1 atom stereocenters. The maximum absolute atomic E-state index is 12.7. The van der Waals surface area contributed by atoms with Gasteiger partial charge in [-0.1, -0.05) is 23.5 Å². The van der Waals surface area contributed by atoms with Crippen LogP contribution in [0.2, 0.25) is 0 Å². The smallest absolute Gasteiger partial charge is 0.272 e. The van der Waals surface area contributed by atoms with Crippen LogP contribution >= 0.6 is 11.3 Å².